The third-order valence-corrected chi connectivity index (χ3v) is 14.4. The van der Waals surface area contributed by atoms with Gasteiger partial charge in [-0.3, -0.25) is 0 Å². The van der Waals surface area contributed by atoms with Gasteiger partial charge in [-0.05, 0) is 67.9 Å². The van der Waals surface area contributed by atoms with E-state index in [4.69, 9.17) is 0 Å². The third kappa shape index (κ3) is 2.73. The van der Waals surface area contributed by atoms with Crippen molar-refractivity contribution in [3.05, 3.63) is 131 Å². The fraction of sp³-hybridized carbons (Fsp3) is 0.326. The van der Waals surface area contributed by atoms with Gasteiger partial charge in [-0.15, -0.1) is 0 Å². The standard InChI is InChI=1S/C43H35N9/c1-27-49-26-31(23-46)52(27)43-34-10-4-7-13-38(34)50-24-29(21-44)47-18-15-28-14-17-41(43,39(47)50)20-35(32-8-2-5-11-36(32)49)42(43)33-9-3-6-12-37(33)51-25-30(22-45)48(19-16-28)40(42)51/h2-13,20,24-28,39-40H,14-19H2,1H3. The number of benzene rings is 3. The lowest BCUT2D eigenvalue weighted by Crippen LogP contribution is -2.77. The molecule has 7 bridgehead atoms. The van der Waals surface area contributed by atoms with Crippen molar-refractivity contribution in [3.63, 3.8) is 0 Å². The first-order valence-electron chi connectivity index (χ1n) is 18.6. The van der Waals surface area contributed by atoms with Crippen molar-refractivity contribution in [2.75, 3.05) is 27.8 Å². The Kier molecular flexibility index (Phi) is 5.06. The van der Waals surface area contributed by atoms with Gasteiger partial charge in [0, 0.05) is 54.2 Å². The van der Waals surface area contributed by atoms with Crippen molar-refractivity contribution in [1.82, 2.24) is 14.7 Å². The van der Waals surface area contributed by atoms with E-state index in [2.05, 4.69) is 152 Å². The summed E-state index contributed by atoms with van der Waals surface area (Å²) in [6.45, 7) is 3.78. The Balaban J connectivity index is 1.36. The fourth-order valence-corrected chi connectivity index (χ4v) is 12.9. The molecule has 9 heteroatoms. The third-order valence-electron chi connectivity index (χ3n) is 14.4. The molecule has 0 aromatic heterocycles. The molecule has 0 N–H and O–H groups in total. The Labute approximate surface area is 303 Å². The van der Waals surface area contributed by atoms with Crippen LogP contribution in [0.3, 0.4) is 0 Å². The smallest absolute Gasteiger partial charge is 0.135 e. The van der Waals surface area contributed by atoms with Crippen molar-refractivity contribution in [2.45, 2.75) is 62.1 Å². The van der Waals surface area contributed by atoms with Gasteiger partial charge in [-0.1, -0.05) is 60.7 Å². The molecule has 9 nitrogen and oxygen atoms in total. The summed E-state index contributed by atoms with van der Waals surface area (Å²) >= 11 is 0. The predicted octanol–water partition coefficient (Wildman–Crippen LogP) is 6.61. The van der Waals surface area contributed by atoms with Crippen LogP contribution in [0.2, 0.25) is 0 Å². The van der Waals surface area contributed by atoms with Gasteiger partial charge in [0.2, 0.25) is 0 Å². The zero-order chi connectivity index (χ0) is 34.7. The van der Waals surface area contributed by atoms with Gasteiger partial charge in [0.05, 0.1) is 16.5 Å². The SMILES string of the molecule is CC1N2C=C(C#N)N1C13c4ccccc4N4C=C(C#N)N5CCC6CCN7C(C#N)=CN8c9ccccc9C1(C(=CC3(CC6)C54)c1ccccc12)C78. The van der Waals surface area contributed by atoms with Crippen molar-refractivity contribution in [1.29, 1.82) is 15.8 Å². The Morgan fingerprint density at radius 3 is 1.92 bits per heavy atom. The number of fused-ring (bicyclic) bond motifs is 11. The van der Waals surface area contributed by atoms with Gasteiger partial charge >= 0.3 is 0 Å². The average molecular weight is 678 g/mol. The predicted molar refractivity (Wildman–Crippen MR) is 196 cm³/mol. The van der Waals surface area contributed by atoms with Gasteiger partial charge in [0.15, 0.2) is 0 Å². The van der Waals surface area contributed by atoms with Crippen LogP contribution in [0, 0.1) is 45.3 Å². The zero-order valence-corrected chi connectivity index (χ0v) is 28.8. The first kappa shape index (κ1) is 28.6. The van der Waals surface area contributed by atoms with Gasteiger partial charge in [0.25, 0.3) is 0 Å². The minimum atomic E-state index is -0.862. The molecule has 0 radical (unpaired) electrons. The summed E-state index contributed by atoms with van der Waals surface area (Å²) in [4.78, 5) is 14.5. The van der Waals surface area contributed by atoms with Crippen molar-refractivity contribution in [2.24, 2.45) is 11.3 Å². The minimum absolute atomic E-state index is 0.197. The number of hydrogen-bond donors (Lipinski definition) is 0. The monoisotopic (exact) mass is 677 g/mol. The number of hydrogen-bond acceptors (Lipinski definition) is 9. The van der Waals surface area contributed by atoms with Crippen LogP contribution in [0.15, 0.2) is 115 Å². The number of rotatable bonds is 0. The second kappa shape index (κ2) is 9.21. The molecule has 8 heterocycles. The molecule has 3 aromatic rings. The lowest BCUT2D eigenvalue weighted by atomic mass is 9.48. The highest BCUT2D eigenvalue weighted by molar-refractivity contribution is 5.97. The average Bonchev–Trinajstić information content (AvgIpc) is 3.95. The summed E-state index contributed by atoms with van der Waals surface area (Å²) in [5, 5.41) is 33.1. The Bertz CT molecular complexity index is 2440. The quantitative estimate of drug-likeness (QED) is 0.261. The first-order valence-corrected chi connectivity index (χ1v) is 18.6. The lowest BCUT2D eigenvalue weighted by Gasteiger charge is -2.69. The van der Waals surface area contributed by atoms with E-state index >= 15 is 0 Å². The molecule has 9 aliphatic rings. The Morgan fingerprint density at radius 1 is 0.635 bits per heavy atom. The normalized spacial score (nSPS) is 34.6. The number of nitrogens with zero attached hydrogens (tertiary/aromatic N) is 9. The highest BCUT2D eigenvalue weighted by Gasteiger charge is 2.84. The van der Waals surface area contributed by atoms with E-state index in [1.807, 2.05) is 0 Å². The molecule has 1 aliphatic carbocycles. The van der Waals surface area contributed by atoms with Crippen LogP contribution in [0.4, 0.5) is 17.1 Å². The summed E-state index contributed by atoms with van der Waals surface area (Å²) in [6.07, 6.45) is 12.1. The zero-order valence-electron chi connectivity index (χ0n) is 28.8. The molecule has 252 valence electrons. The number of para-hydroxylation sites is 3. The van der Waals surface area contributed by atoms with Crippen molar-refractivity contribution < 1.29 is 0 Å². The first-order chi connectivity index (χ1) is 25.5. The number of allylic oxidation sites excluding steroid dienone is 3. The molecule has 2 fully saturated rings. The molecule has 8 aliphatic heterocycles. The largest absolute Gasteiger partial charge is 0.340 e. The molecular formula is C43H35N9. The van der Waals surface area contributed by atoms with Gasteiger partial charge in [-0.2, -0.15) is 15.8 Å². The maximum atomic E-state index is 11.4. The minimum Gasteiger partial charge on any atom is -0.340 e. The van der Waals surface area contributed by atoms with Crippen LogP contribution in [0.5, 0.6) is 0 Å². The summed E-state index contributed by atoms with van der Waals surface area (Å²) in [6, 6.07) is 34.5. The summed E-state index contributed by atoms with van der Waals surface area (Å²) in [7, 11) is 0. The lowest BCUT2D eigenvalue weighted by molar-refractivity contribution is -0.106. The van der Waals surface area contributed by atoms with Crippen LogP contribution in [0.1, 0.15) is 49.3 Å². The Hall–Kier alpha value is -6.11. The van der Waals surface area contributed by atoms with E-state index in [1.54, 1.807) is 0 Å². The van der Waals surface area contributed by atoms with Crippen LogP contribution in [0.25, 0.3) is 5.57 Å². The molecule has 7 unspecified atom stereocenters. The van der Waals surface area contributed by atoms with Crippen LogP contribution in [-0.2, 0) is 11.0 Å². The topological polar surface area (TPSA) is 90.8 Å². The maximum Gasteiger partial charge on any atom is 0.135 e. The Morgan fingerprint density at radius 2 is 1.21 bits per heavy atom. The van der Waals surface area contributed by atoms with Crippen molar-refractivity contribution >= 4 is 22.6 Å². The summed E-state index contributed by atoms with van der Waals surface area (Å²) in [5.74, 6) is 0.401. The summed E-state index contributed by atoms with van der Waals surface area (Å²) in [5.41, 5.74) is 7.85. The fourth-order valence-electron chi connectivity index (χ4n) is 12.9. The second-order valence-corrected chi connectivity index (χ2v) is 15.9. The van der Waals surface area contributed by atoms with Crippen LogP contribution >= 0.6 is 0 Å². The highest BCUT2D eigenvalue weighted by Crippen LogP contribution is 2.80. The molecule has 0 saturated carbocycles. The number of nitriles is 3. The van der Waals surface area contributed by atoms with Gasteiger partial charge in [0.1, 0.15) is 59.3 Å². The molecule has 0 amide bonds. The van der Waals surface area contributed by atoms with Crippen molar-refractivity contribution in [3.8, 4) is 18.2 Å². The molecule has 3 aromatic carbocycles. The van der Waals surface area contributed by atoms with E-state index in [-0.39, 0.29) is 18.5 Å². The van der Waals surface area contributed by atoms with Gasteiger partial charge in [-0.25, -0.2) is 0 Å². The maximum absolute atomic E-state index is 11.4. The molecule has 52 heavy (non-hydrogen) atoms. The van der Waals surface area contributed by atoms with Crippen LogP contribution in [-0.4, -0.2) is 46.3 Å². The van der Waals surface area contributed by atoms with Crippen LogP contribution < -0.4 is 14.7 Å². The molecule has 7 atom stereocenters. The summed E-state index contributed by atoms with van der Waals surface area (Å²) < 4.78 is 0. The molecule has 3 spiro atoms. The van der Waals surface area contributed by atoms with E-state index in [9.17, 15) is 15.8 Å². The molecular weight excluding hydrogens is 643 g/mol. The second-order valence-electron chi connectivity index (χ2n) is 15.9. The molecule has 12 rings (SSSR count). The van der Waals surface area contributed by atoms with E-state index < -0.39 is 16.4 Å². The van der Waals surface area contributed by atoms with E-state index in [0.29, 0.717) is 23.0 Å². The van der Waals surface area contributed by atoms with E-state index in [1.165, 1.54) is 16.7 Å². The number of anilines is 3. The van der Waals surface area contributed by atoms with Gasteiger partial charge < -0.3 is 29.4 Å². The molecule has 2 saturated heterocycles. The highest BCUT2D eigenvalue weighted by atomic mass is 15.5. The van der Waals surface area contributed by atoms with E-state index in [0.717, 1.165) is 61.4 Å².